The van der Waals surface area contributed by atoms with E-state index in [1.807, 2.05) is 0 Å². The summed E-state index contributed by atoms with van der Waals surface area (Å²) in [6, 6.07) is 5.35. The van der Waals surface area contributed by atoms with Gasteiger partial charge in [-0.1, -0.05) is 11.3 Å². The maximum Gasteiger partial charge on any atom is 0.396 e. The molecule has 1 aromatic heterocycles. The Morgan fingerprint density at radius 1 is 1.33 bits per heavy atom. The second kappa shape index (κ2) is 5.01. The number of nitrogens with one attached hydrogen (secondary N) is 1. The molecule has 0 aliphatic heterocycles. The summed E-state index contributed by atoms with van der Waals surface area (Å²) in [6.45, 7) is 0. The lowest BCUT2D eigenvalue weighted by atomic mass is 10.3. The molecule has 18 heavy (non-hydrogen) atoms. The fourth-order valence-corrected chi connectivity index (χ4v) is 2.22. The van der Waals surface area contributed by atoms with Gasteiger partial charge in [0.15, 0.2) is 5.13 Å². The Labute approximate surface area is 107 Å². The molecule has 2 rings (SSSR count). The average Bonchev–Trinajstić information content (AvgIpc) is 2.78. The molecule has 0 radical (unpaired) electrons. The molecule has 94 valence electrons. The molecule has 1 aromatic carbocycles. The quantitative estimate of drug-likeness (QED) is 0.657. The van der Waals surface area contributed by atoms with Crippen LogP contribution in [0.1, 0.15) is 0 Å². The second-order valence-electron chi connectivity index (χ2n) is 3.30. The number of anilines is 1. The molecule has 0 saturated heterocycles. The molecule has 1 N–H and O–H groups in total. The highest BCUT2D eigenvalue weighted by molar-refractivity contribution is 7.22. The van der Waals surface area contributed by atoms with Crippen molar-refractivity contribution < 1.29 is 19.1 Å². The Kier molecular flexibility index (Phi) is 3.42. The van der Waals surface area contributed by atoms with Crippen molar-refractivity contribution in [1.29, 1.82) is 0 Å². The number of aromatic nitrogens is 1. The smallest absolute Gasteiger partial charge is 0.396 e. The Morgan fingerprint density at radius 3 is 2.78 bits per heavy atom. The topological polar surface area (TPSA) is 77.5 Å². The predicted octanol–water partition coefficient (Wildman–Crippen LogP) is 1.42. The van der Waals surface area contributed by atoms with Crippen molar-refractivity contribution in [2.45, 2.75) is 0 Å². The van der Waals surface area contributed by atoms with Gasteiger partial charge in [-0.05, 0) is 18.2 Å². The Hall–Kier alpha value is -2.15. The number of carbonyl (C=O) groups excluding carboxylic acids is 2. The van der Waals surface area contributed by atoms with E-state index in [1.165, 1.54) is 11.3 Å². The third-order valence-corrected chi connectivity index (χ3v) is 3.12. The summed E-state index contributed by atoms with van der Waals surface area (Å²) in [4.78, 5) is 26.4. The van der Waals surface area contributed by atoms with Gasteiger partial charge >= 0.3 is 11.9 Å². The molecule has 0 aliphatic carbocycles. The van der Waals surface area contributed by atoms with Crippen molar-refractivity contribution in [2.75, 3.05) is 19.5 Å². The van der Waals surface area contributed by atoms with Crippen LogP contribution in [-0.2, 0) is 14.3 Å². The van der Waals surface area contributed by atoms with E-state index < -0.39 is 11.9 Å². The van der Waals surface area contributed by atoms with Gasteiger partial charge in [0.1, 0.15) is 5.75 Å². The summed E-state index contributed by atoms with van der Waals surface area (Å²) in [5.41, 5.74) is 0.723. The van der Waals surface area contributed by atoms with E-state index in [9.17, 15) is 9.59 Å². The van der Waals surface area contributed by atoms with E-state index in [2.05, 4.69) is 15.0 Å². The second-order valence-corrected chi connectivity index (χ2v) is 4.33. The zero-order valence-electron chi connectivity index (χ0n) is 9.72. The molecular weight excluding hydrogens is 256 g/mol. The van der Waals surface area contributed by atoms with Gasteiger partial charge < -0.3 is 9.47 Å². The molecule has 0 fully saturated rings. The van der Waals surface area contributed by atoms with Crippen LogP contribution in [0.3, 0.4) is 0 Å². The van der Waals surface area contributed by atoms with Gasteiger partial charge in [-0.3, -0.25) is 10.1 Å². The molecule has 6 nitrogen and oxygen atoms in total. The number of hydrogen-bond acceptors (Lipinski definition) is 6. The minimum atomic E-state index is -0.952. The van der Waals surface area contributed by atoms with Gasteiger partial charge in [-0.25, -0.2) is 9.78 Å². The fourth-order valence-electron chi connectivity index (χ4n) is 1.33. The molecule has 1 heterocycles. The highest BCUT2D eigenvalue weighted by Gasteiger charge is 2.16. The first-order chi connectivity index (χ1) is 8.63. The zero-order chi connectivity index (χ0) is 13.1. The molecule has 1 amide bonds. The number of thiazole rings is 1. The molecular formula is C11H10N2O4S. The van der Waals surface area contributed by atoms with Crippen LogP contribution in [-0.4, -0.2) is 31.1 Å². The normalized spacial score (nSPS) is 10.1. The molecule has 0 atom stereocenters. The summed E-state index contributed by atoms with van der Waals surface area (Å²) < 4.78 is 10.2. The maximum absolute atomic E-state index is 11.3. The maximum atomic E-state index is 11.3. The third kappa shape index (κ3) is 2.40. The zero-order valence-corrected chi connectivity index (χ0v) is 10.5. The van der Waals surface area contributed by atoms with Crippen molar-refractivity contribution in [3.8, 4) is 5.75 Å². The van der Waals surface area contributed by atoms with Gasteiger partial charge in [0, 0.05) is 0 Å². The lowest BCUT2D eigenvalue weighted by Crippen LogP contribution is -2.23. The van der Waals surface area contributed by atoms with E-state index in [1.54, 1.807) is 25.3 Å². The minimum Gasteiger partial charge on any atom is -0.497 e. The van der Waals surface area contributed by atoms with Crippen molar-refractivity contribution in [3.05, 3.63) is 18.2 Å². The number of rotatable bonds is 2. The SMILES string of the molecule is COC(=O)C(=O)Nc1nc2ccc(OC)cc2s1. The van der Waals surface area contributed by atoms with Gasteiger partial charge in [0.25, 0.3) is 0 Å². The minimum absolute atomic E-state index is 0.341. The highest BCUT2D eigenvalue weighted by Crippen LogP contribution is 2.28. The third-order valence-electron chi connectivity index (χ3n) is 2.19. The summed E-state index contributed by atoms with van der Waals surface area (Å²) in [5.74, 6) is -1.09. The summed E-state index contributed by atoms with van der Waals surface area (Å²) in [6.07, 6.45) is 0. The van der Waals surface area contributed by atoms with Crippen molar-refractivity contribution >= 4 is 38.6 Å². The van der Waals surface area contributed by atoms with Crippen molar-refractivity contribution in [1.82, 2.24) is 4.98 Å². The molecule has 0 saturated carbocycles. The van der Waals surface area contributed by atoms with Crippen LogP contribution in [0.5, 0.6) is 5.75 Å². The number of fused-ring (bicyclic) bond motifs is 1. The van der Waals surface area contributed by atoms with E-state index in [0.717, 1.165) is 17.3 Å². The van der Waals surface area contributed by atoms with E-state index in [0.29, 0.717) is 10.9 Å². The number of ether oxygens (including phenoxy) is 2. The molecule has 0 unspecified atom stereocenters. The fraction of sp³-hybridized carbons (Fsp3) is 0.182. The number of esters is 1. The van der Waals surface area contributed by atoms with Gasteiger partial charge in [0.05, 0.1) is 24.4 Å². The van der Waals surface area contributed by atoms with Gasteiger partial charge in [0.2, 0.25) is 0 Å². The number of methoxy groups -OCH3 is 2. The number of benzene rings is 1. The molecule has 7 heteroatoms. The van der Waals surface area contributed by atoms with Crippen LogP contribution in [0.2, 0.25) is 0 Å². The largest absolute Gasteiger partial charge is 0.497 e. The first kappa shape index (κ1) is 12.3. The summed E-state index contributed by atoms with van der Waals surface area (Å²) in [7, 11) is 2.72. The van der Waals surface area contributed by atoms with E-state index >= 15 is 0 Å². The standard InChI is InChI=1S/C11H10N2O4S/c1-16-6-3-4-7-8(5-6)18-11(12-7)13-9(14)10(15)17-2/h3-5H,1-2H3,(H,12,13,14). The Balaban J connectivity index is 2.25. The van der Waals surface area contributed by atoms with Gasteiger partial charge in [-0.15, -0.1) is 0 Å². The van der Waals surface area contributed by atoms with Crippen LogP contribution in [0.4, 0.5) is 5.13 Å². The number of carbonyl (C=O) groups is 2. The lowest BCUT2D eigenvalue weighted by Gasteiger charge is -1.97. The molecule has 2 aromatic rings. The number of hydrogen-bond donors (Lipinski definition) is 1. The van der Waals surface area contributed by atoms with Crippen molar-refractivity contribution in [3.63, 3.8) is 0 Å². The number of amides is 1. The van der Waals surface area contributed by atoms with Crippen LogP contribution in [0.25, 0.3) is 10.2 Å². The first-order valence-electron chi connectivity index (χ1n) is 4.98. The van der Waals surface area contributed by atoms with Gasteiger partial charge in [-0.2, -0.15) is 0 Å². The highest BCUT2D eigenvalue weighted by atomic mass is 32.1. The Morgan fingerprint density at radius 2 is 2.11 bits per heavy atom. The first-order valence-corrected chi connectivity index (χ1v) is 5.79. The van der Waals surface area contributed by atoms with Crippen LogP contribution < -0.4 is 10.1 Å². The summed E-state index contributed by atoms with van der Waals surface area (Å²) in [5, 5.41) is 2.71. The van der Waals surface area contributed by atoms with Crippen molar-refractivity contribution in [2.24, 2.45) is 0 Å². The van der Waals surface area contributed by atoms with E-state index in [4.69, 9.17) is 4.74 Å². The molecule has 0 spiro atoms. The van der Waals surface area contributed by atoms with Crippen LogP contribution in [0.15, 0.2) is 18.2 Å². The van der Waals surface area contributed by atoms with Crippen LogP contribution >= 0.6 is 11.3 Å². The summed E-state index contributed by atoms with van der Waals surface area (Å²) >= 11 is 1.25. The molecule has 0 bridgehead atoms. The monoisotopic (exact) mass is 266 g/mol. The van der Waals surface area contributed by atoms with Crippen LogP contribution in [0, 0.1) is 0 Å². The predicted molar refractivity (Wildman–Crippen MR) is 66.8 cm³/mol. The molecule has 0 aliphatic rings. The average molecular weight is 266 g/mol. The van der Waals surface area contributed by atoms with E-state index in [-0.39, 0.29) is 0 Å². The lowest BCUT2D eigenvalue weighted by molar-refractivity contribution is -0.150. The number of nitrogens with zero attached hydrogens (tertiary/aromatic N) is 1. The Bertz CT molecular complexity index is 608.